The Morgan fingerprint density at radius 1 is 0.975 bits per heavy atom. The fourth-order valence-corrected chi connectivity index (χ4v) is 5.42. The van der Waals surface area contributed by atoms with Gasteiger partial charge >= 0.3 is 5.97 Å². The van der Waals surface area contributed by atoms with Gasteiger partial charge in [-0.25, -0.2) is 4.79 Å². The van der Waals surface area contributed by atoms with Crippen LogP contribution in [-0.2, 0) is 11.2 Å². The first-order valence-corrected chi connectivity index (χ1v) is 16.0. The predicted octanol–water partition coefficient (Wildman–Crippen LogP) is 10.5. The fourth-order valence-electron chi connectivity index (χ4n) is 5.42. The number of phenolic OH excluding ortho intramolecular Hbond substituents is 1. The minimum Gasteiger partial charge on any atom is -0.508 e. The Bertz CT molecular complexity index is 929. The summed E-state index contributed by atoms with van der Waals surface area (Å²) in [5.74, 6) is 3.08. The van der Waals surface area contributed by atoms with Crippen LogP contribution < -0.4 is 4.74 Å². The fraction of sp³-hybridized carbons (Fsp3) is 0.694. The van der Waals surface area contributed by atoms with Gasteiger partial charge in [-0.1, -0.05) is 104 Å². The van der Waals surface area contributed by atoms with Crippen molar-refractivity contribution in [1.29, 1.82) is 0 Å². The number of rotatable bonds is 16. The van der Waals surface area contributed by atoms with Crippen molar-refractivity contribution in [2.45, 2.75) is 144 Å². The molecular formula is C36H60O4. The van der Waals surface area contributed by atoms with E-state index in [0.717, 1.165) is 72.8 Å². The van der Waals surface area contributed by atoms with E-state index in [4.69, 9.17) is 9.84 Å². The number of carboxylic acid groups (broad SMARTS) is 1. The Labute approximate surface area is 246 Å². The first kappa shape index (κ1) is 35.8. The molecule has 4 nitrogen and oxygen atoms in total. The maximum atomic E-state index is 10.1. The summed E-state index contributed by atoms with van der Waals surface area (Å²) >= 11 is 0. The average Bonchev–Trinajstić information content (AvgIpc) is 2.88. The van der Waals surface area contributed by atoms with E-state index in [1.165, 1.54) is 63.0 Å². The van der Waals surface area contributed by atoms with Gasteiger partial charge < -0.3 is 14.9 Å². The molecule has 3 atom stereocenters. The first-order valence-electron chi connectivity index (χ1n) is 16.0. The molecule has 0 amide bonds. The topological polar surface area (TPSA) is 66.8 Å². The van der Waals surface area contributed by atoms with Crippen LogP contribution in [0.15, 0.2) is 30.4 Å². The van der Waals surface area contributed by atoms with Crippen molar-refractivity contribution in [1.82, 2.24) is 0 Å². The van der Waals surface area contributed by atoms with Crippen molar-refractivity contribution in [3.8, 4) is 11.5 Å². The van der Waals surface area contributed by atoms with E-state index in [1.54, 1.807) is 6.08 Å². The van der Waals surface area contributed by atoms with Crippen molar-refractivity contribution in [3.05, 3.63) is 47.1 Å². The summed E-state index contributed by atoms with van der Waals surface area (Å²) in [5, 5.41) is 18.3. The molecule has 1 aliphatic rings. The maximum Gasteiger partial charge on any atom is 0.328 e. The molecule has 0 aromatic heterocycles. The monoisotopic (exact) mass is 556 g/mol. The second-order valence-electron chi connectivity index (χ2n) is 13.0. The van der Waals surface area contributed by atoms with Crippen LogP contribution in [0.5, 0.6) is 11.5 Å². The summed E-state index contributed by atoms with van der Waals surface area (Å²) in [6.45, 7) is 17.9. The summed E-state index contributed by atoms with van der Waals surface area (Å²) < 4.78 is 6.52. The van der Waals surface area contributed by atoms with Gasteiger partial charge in [-0.15, -0.1) is 0 Å². The second-order valence-corrected chi connectivity index (χ2v) is 13.0. The van der Waals surface area contributed by atoms with Crippen LogP contribution in [0.2, 0.25) is 0 Å². The maximum absolute atomic E-state index is 10.1. The van der Waals surface area contributed by atoms with Gasteiger partial charge in [0.25, 0.3) is 0 Å². The van der Waals surface area contributed by atoms with Crippen molar-refractivity contribution in [2.24, 2.45) is 17.8 Å². The van der Waals surface area contributed by atoms with Crippen LogP contribution in [0, 0.1) is 31.6 Å². The Balaban J connectivity index is 0.000000680. The smallest absolute Gasteiger partial charge is 0.328 e. The normalized spacial score (nSPS) is 18.3. The van der Waals surface area contributed by atoms with Crippen LogP contribution in [0.1, 0.15) is 135 Å². The molecule has 1 aromatic carbocycles. The molecule has 4 heteroatoms. The molecule has 2 N–H and O–H groups in total. The predicted molar refractivity (Wildman–Crippen MR) is 170 cm³/mol. The van der Waals surface area contributed by atoms with E-state index >= 15 is 0 Å². The minimum absolute atomic E-state index is 0.0637. The second kappa shape index (κ2) is 19.0. The highest BCUT2D eigenvalue weighted by molar-refractivity contribution is 5.80. The van der Waals surface area contributed by atoms with Gasteiger partial charge in [-0.05, 0) is 93.4 Å². The average molecular weight is 557 g/mol. The van der Waals surface area contributed by atoms with Gasteiger partial charge in [-0.2, -0.15) is 0 Å². The number of fused-ring (bicyclic) bond motifs is 1. The molecule has 0 saturated heterocycles. The summed E-state index contributed by atoms with van der Waals surface area (Å²) in [5.41, 5.74) is 3.16. The largest absolute Gasteiger partial charge is 0.508 e. The molecule has 0 aliphatic carbocycles. The number of aryl methyl sites for hydroxylation is 1. The highest BCUT2D eigenvalue weighted by Crippen LogP contribution is 2.42. The van der Waals surface area contributed by atoms with Crippen LogP contribution in [0.3, 0.4) is 0 Å². The van der Waals surface area contributed by atoms with E-state index in [0.29, 0.717) is 5.75 Å². The van der Waals surface area contributed by atoms with Gasteiger partial charge in [0.2, 0.25) is 0 Å². The molecule has 1 aliphatic heterocycles. The SMILES string of the molecule is CCCC=CC=CC(=O)O.Cc1c(O)cc2c(c1C)O[C@](C)(CCC[C@H](C)CCC[C@H](C)CCCC(C)C)CC2. The van der Waals surface area contributed by atoms with E-state index in [1.807, 2.05) is 19.1 Å². The van der Waals surface area contributed by atoms with Gasteiger partial charge in [0.05, 0.1) is 0 Å². The number of hydrogen-bond acceptors (Lipinski definition) is 3. The molecule has 0 radical (unpaired) electrons. The number of carbonyl (C=O) groups is 1. The number of phenols is 1. The zero-order valence-electron chi connectivity index (χ0n) is 27.0. The molecule has 228 valence electrons. The minimum atomic E-state index is -0.902. The van der Waals surface area contributed by atoms with E-state index in [2.05, 4.69) is 48.5 Å². The number of benzene rings is 1. The lowest BCUT2D eigenvalue weighted by Gasteiger charge is -2.37. The van der Waals surface area contributed by atoms with E-state index < -0.39 is 5.97 Å². The van der Waals surface area contributed by atoms with Crippen molar-refractivity contribution in [2.75, 3.05) is 0 Å². The van der Waals surface area contributed by atoms with Gasteiger partial charge in [0, 0.05) is 6.08 Å². The third-order valence-electron chi connectivity index (χ3n) is 8.38. The number of carboxylic acids is 1. The molecule has 0 bridgehead atoms. The molecule has 0 spiro atoms. The van der Waals surface area contributed by atoms with Gasteiger partial charge in [0.1, 0.15) is 17.1 Å². The van der Waals surface area contributed by atoms with E-state index in [9.17, 15) is 9.90 Å². The number of aromatic hydroxyl groups is 1. The Hall–Kier alpha value is -2.23. The van der Waals surface area contributed by atoms with Gasteiger partial charge in [-0.3, -0.25) is 0 Å². The summed E-state index contributed by atoms with van der Waals surface area (Å²) in [7, 11) is 0. The van der Waals surface area contributed by atoms with Crippen molar-refractivity contribution >= 4 is 5.97 Å². The molecule has 0 fully saturated rings. The lowest BCUT2D eigenvalue weighted by molar-refractivity contribution is -0.131. The standard InChI is InChI=1S/C28H48O2.C8H12O2/c1-20(2)11-8-12-21(3)13-9-14-22(4)15-10-17-28(7)18-16-25-19-26(29)23(5)24(6)27(25)30-28;1-2-3-4-5-6-7-8(9)10/h19-22,29H,8-18H2,1-7H3;4-7H,2-3H2,1H3,(H,9,10)/t21-,22-,28-;/m1./s1. The summed E-state index contributed by atoms with van der Waals surface area (Å²) in [4.78, 5) is 9.91. The third kappa shape index (κ3) is 14.4. The van der Waals surface area contributed by atoms with E-state index in [-0.39, 0.29) is 5.60 Å². The zero-order valence-corrected chi connectivity index (χ0v) is 27.0. The quantitative estimate of drug-likeness (QED) is 0.157. The molecule has 0 saturated carbocycles. The highest BCUT2D eigenvalue weighted by atomic mass is 16.5. The number of aliphatic carboxylic acids is 1. The number of unbranched alkanes of at least 4 members (excludes halogenated alkanes) is 1. The number of ether oxygens (including phenoxy) is 1. The molecule has 1 aromatic rings. The van der Waals surface area contributed by atoms with Crippen LogP contribution >= 0.6 is 0 Å². The molecule has 1 heterocycles. The molecule has 40 heavy (non-hydrogen) atoms. The van der Waals surface area contributed by atoms with Crippen LogP contribution in [0.25, 0.3) is 0 Å². The summed E-state index contributed by atoms with van der Waals surface area (Å²) in [6, 6.07) is 1.91. The van der Waals surface area contributed by atoms with Crippen LogP contribution in [0.4, 0.5) is 0 Å². The Kier molecular flexibility index (Phi) is 17.0. The van der Waals surface area contributed by atoms with Crippen molar-refractivity contribution < 1.29 is 19.7 Å². The lowest BCUT2D eigenvalue weighted by atomic mass is 9.85. The number of allylic oxidation sites excluding steroid dienone is 3. The Morgan fingerprint density at radius 2 is 1.57 bits per heavy atom. The summed E-state index contributed by atoms with van der Waals surface area (Å²) in [6.07, 6.45) is 22.5. The third-order valence-corrected chi connectivity index (χ3v) is 8.38. The Morgan fingerprint density at radius 3 is 2.15 bits per heavy atom. The first-order chi connectivity index (χ1) is 18.9. The van der Waals surface area contributed by atoms with Gasteiger partial charge in [0.15, 0.2) is 0 Å². The molecule has 0 unspecified atom stereocenters. The molecular weight excluding hydrogens is 496 g/mol. The number of hydrogen-bond donors (Lipinski definition) is 2. The lowest BCUT2D eigenvalue weighted by Crippen LogP contribution is -2.36. The van der Waals surface area contributed by atoms with Crippen LogP contribution in [-0.4, -0.2) is 21.8 Å². The highest BCUT2D eigenvalue weighted by Gasteiger charge is 2.33. The van der Waals surface area contributed by atoms with Crippen molar-refractivity contribution in [3.63, 3.8) is 0 Å². The molecule has 2 rings (SSSR count). The zero-order chi connectivity index (χ0) is 30.1.